The van der Waals surface area contributed by atoms with Crippen molar-refractivity contribution in [3.05, 3.63) is 30.1 Å². The van der Waals surface area contributed by atoms with E-state index < -0.39 is 5.60 Å². The van der Waals surface area contributed by atoms with Gasteiger partial charge in [0.25, 0.3) is 5.91 Å². The second-order valence-corrected chi connectivity index (χ2v) is 6.39. The Balaban J connectivity index is 1.62. The van der Waals surface area contributed by atoms with Gasteiger partial charge in [-0.3, -0.25) is 4.79 Å². The Labute approximate surface area is 142 Å². The summed E-state index contributed by atoms with van der Waals surface area (Å²) >= 11 is 0. The summed E-state index contributed by atoms with van der Waals surface area (Å²) < 4.78 is 29.5. The molecule has 2 rings (SSSR count). The highest BCUT2D eigenvalue weighted by Crippen LogP contribution is 2.19. The molecule has 1 heterocycles. The first-order valence-corrected chi connectivity index (χ1v) is 8.39. The number of carbonyl (C=O) groups is 1. The summed E-state index contributed by atoms with van der Waals surface area (Å²) in [5.74, 6) is -0.102. The maximum Gasteiger partial charge on any atom is 0.263 e. The van der Waals surface area contributed by atoms with Crippen molar-refractivity contribution >= 4 is 5.91 Å². The number of benzene rings is 1. The molecule has 1 saturated heterocycles. The molecule has 1 N–H and O–H groups in total. The Morgan fingerprint density at radius 3 is 2.79 bits per heavy atom. The molecule has 1 fully saturated rings. The van der Waals surface area contributed by atoms with Crippen molar-refractivity contribution in [2.75, 3.05) is 26.4 Å². The maximum absolute atomic E-state index is 12.9. The Morgan fingerprint density at radius 1 is 1.38 bits per heavy atom. The van der Waals surface area contributed by atoms with Crippen LogP contribution in [0.15, 0.2) is 24.3 Å². The second kappa shape index (κ2) is 8.99. The fourth-order valence-corrected chi connectivity index (χ4v) is 2.42. The Bertz CT molecular complexity index is 512. The monoisotopic (exact) mass is 339 g/mol. The summed E-state index contributed by atoms with van der Waals surface area (Å²) in [5, 5.41) is 2.83. The van der Waals surface area contributed by atoms with Crippen LogP contribution in [-0.2, 0) is 14.3 Å². The number of halogens is 1. The van der Waals surface area contributed by atoms with E-state index in [0.29, 0.717) is 25.5 Å². The average molecular weight is 339 g/mol. The number of ether oxygens (including phenoxy) is 3. The molecule has 1 aromatic rings. The first-order valence-electron chi connectivity index (χ1n) is 8.39. The van der Waals surface area contributed by atoms with Crippen LogP contribution in [0.2, 0.25) is 0 Å². The van der Waals surface area contributed by atoms with E-state index in [-0.39, 0.29) is 17.8 Å². The van der Waals surface area contributed by atoms with Gasteiger partial charge in [-0.05, 0) is 57.4 Å². The molecule has 1 aliphatic rings. The Morgan fingerprint density at radius 2 is 2.12 bits per heavy atom. The quantitative estimate of drug-likeness (QED) is 0.703. The van der Waals surface area contributed by atoms with E-state index in [2.05, 4.69) is 5.32 Å². The molecule has 0 radical (unpaired) electrons. The summed E-state index contributed by atoms with van der Waals surface area (Å²) in [6.07, 6.45) is 3.12. The third kappa shape index (κ3) is 6.09. The molecule has 134 valence electrons. The van der Waals surface area contributed by atoms with Crippen LogP contribution in [0.5, 0.6) is 5.75 Å². The zero-order valence-corrected chi connectivity index (χ0v) is 14.3. The molecule has 24 heavy (non-hydrogen) atoms. The van der Waals surface area contributed by atoms with E-state index in [4.69, 9.17) is 14.2 Å². The molecule has 1 amide bonds. The van der Waals surface area contributed by atoms with Crippen molar-refractivity contribution < 1.29 is 23.4 Å². The molecule has 1 unspecified atom stereocenters. The van der Waals surface area contributed by atoms with Gasteiger partial charge in [-0.25, -0.2) is 4.39 Å². The third-order valence-corrected chi connectivity index (χ3v) is 3.81. The van der Waals surface area contributed by atoms with Gasteiger partial charge in [-0.1, -0.05) is 0 Å². The fraction of sp³-hybridized carbons (Fsp3) is 0.611. The summed E-state index contributed by atoms with van der Waals surface area (Å²) in [7, 11) is 0. The zero-order valence-electron chi connectivity index (χ0n) is 14.3. The lowest BCUT2D eigenvalue weighted by atomic mass is 10.1. The molecule has 5 nitrogen and oxygen atoms in total. The molecule has 1 atom stereocenters. The normalized spacial score (nSPS) is 17.7. The van der Waals surface area contributed by atoms with E-state index in [1.807, 2.05) is 0 Å². The van der Waals surface area contributed by atoms with E-state index in [1.54, 1.807) is 13.8 Å². The molecular formula is C18H26FNO4. The summed E-state index contributed by atoms with van der Waals surface area (Å²) in [6.45, 7) is 5.90. The van der Waals surface area contributed by atoms with Gasteiger partial charge in [-0.2, -0.15) is 0 Å². The van der Waals surface area contributed by atoms with Crippen LogP contribution in [-0.4, -0.2) is 44.0 Å². The average Bonchev–Trinajstić information content (AvgIpc) is 3.06. The third-order valence-electron chi connectivity index (χ3n) is 3.81. The van der Waals surface area contributed by atoms with Gasteiger partial charge < -0.3 is 19.5 Å². The molecular weight excluding hydrogens is 313 g/mol. The molecule has 0 spiro atoms. The number of amides is 1. The van der Waals surface area contributed by atoms with Crippen molar-refractivity contribution in [2.45, 2.75) is 44.8 Å². The summed E-state index contributed by atoms with van der Waals surface area (Å²) in [4.78, 5) is 12.2. The zero-order chi connectivity index (χ0) is 17.4. The van der Waals surface area contributed by atoms with Crippen LogP contribution in [0, 0.1) is 5.82 Å². The van der Waals surface area contributed by atoms with E-state index in [0.717, 1.165) is 25.9 Å². The highest BCUT2D eigenvalue weighted by Gasteiger charge is 2.29. The summed E-state index contributed by atoms with van der Waals surface area (Å²) in [6, 6.07) is 5.61. The van der Waals surface area contributed by atoms with Gasteiger partial charge in [-0.15, -0.1) is 0 Å². The van der Waals surface area contributed by atoms with Gasteiger partial charge in [0.1, 0.15) is 11.6 Å². The Kier molecular flexibility index (Phi) is 6.99. The predicted octanol–water partition coefficient (Wildman–Crippen LogP) is 2.69. The van der Waals surface area contributed by atoms with Crippen LogP contribution < -0.4 is 10.1 Å². The van der Waals surface area contributed by atoms with Crippen molar-refractivity contribution in [3.8, 4) is 5.75 Å². The predicted molar refractivity (Wildman–Crippen MR) is 88.5 cm³/mol. The number of hydrogen-bond donors (Lipinski definition) is 1. The minimum absolute atomic E-state index is 0.217. The van der Waals surface area contributed by atoms with Crippen LogP contribution in [0.4, 0.5) is 4.39 Å². The van der Waals surface area contributed by atoms with E-state index in [9.17, 15) is 9.18 Å². The number of nitrogens with one attached hydrogen (secondary N) is 1. The van der Waals surface area contributed by atoms with Crippen LogP contribution in [0.25, 0.3) is 0 Å². The minimum atomic E-state index is -1.03. The van der Waals surface area contributed by atoms with Crippen LogP contribution in [0.1, 0.15) is 33.1 Å². The van der Waals surface area contributed by atoms with Gasteiger partial charge in [0.2, 0.25) is 0 Å². The van der Waals surface area contributed by atoms with Crippen molar-refractivity contribution in [1.82, 2.24) is 5.32 Å². The van der Waals surface area contributed by atoms with Gasteiger partial charge in [0.05, 0.1) is 12.7 Å². The van der Waals surface area contributed by atoms with Crippen LogP contribution >= 0.6 is 0 Å². The largest absolute Gasteiger partial charge is 0.478 e. The molecule has 0 aliphatic carbocycles. The van der Waals surface area contributed by atoms with Gasteiger partial charge in [0.15, 0.2) is 5.60 Å². The molecule has 0 aromatic heterocycles. The van der Waals surface area contributed by atoms with Crippen molar-refractivity contribution in [3.63, 3.8) is 0 Å². The lowest BCUT2D eigenvalue weighted by molar-refractivity contribution is -0.134. The number of carbonyl (C=O) groups excluding carboxylic acids is 1. The smallest absolute Gasteiger partial charge is 0.263 e. The van der Waals surface area contributed by atoms with Gasteiger partial charge >= 0.3 is 0 Å². The fourth-order valence-electron chi connectivity index (χ4n) is 2.42. The minimum Gasteiger partial charge on any atom is -0.478 e. The Hall–Kier alpha value is -1.66. The van der Waals surface area contributed by atoms with E-state index >= 15 is 0 Å². The lowest BCUT2D eigenvalue weighted by Gasteiger charge is -2.25. The lowest BCUT2D eigenvalue weighted by Crippen LogP contribution is -2.46. The standard InChI is InChI=1S/C18H26FNO4/c1-18(2,24-15-8-6-14(19)7-9-15)17(21)20-10-4-11-22-13-16-5-3-12-23-16/h6-9,16H,3-5,10-13H2,1-2H3,(H,20,21). The SMILES string of the molecule is CC(C)(Oc1ccc(F)cc1)C(=O)NCCCOCC1CCCO1. The first kappa shape index (κ1) is 18.7. The van der Waals surface area contributed by atoms with E-state index in [1.165, 1.54) is 24.3 Å². The molecule has 0 saturated carbocycles. The summed E-state index contributed by atoms with van der Waals surface area (Å²) in [5.41, 5.74) is -1.03. The molecule has 1 aliphatic heterocycles. The highest BCUT2D eigenvalue weighted by atomic mass is 19.1. The number of hydrogen-bond acceptors (Lipinski definition) is 4. The highest BCUT2D eigenvalue weighted by molar-refractivity contribution is 5.84. The molecule has 1 aromatic carbocycles. The van der Waals surface area contributed by atoms with Gasteiger partial charge in [0, 0.05) is 19.8 Å². The van der Waals surface area contributed by atoms with Crippen LogP contribution in [0.3, 0.4) is 0 Å². The van der Waals surface area contributed by atoms with Crippen molar-refractivity contribution in [2.24, 2.45) is 0 Å². The second-order valence-electron chi connectivity index (χ2n) is 6.39. The molecule has 6 heteroatoms. The maximum atomic E-state index is 12.9. The number of rotatable bonds is 9. The molecule has 0 bridgehead atoms. The van der Waals surface area contributed by atoms with Crippen molar-refractivity contribution in [1.29, 1.82) is 0 Å². The topological polar surface area (TPSA) is 56.8 Å². The first-order chi connectivity index (χ1) is 11.5.